The predicted molar refractivity (Wildman–Crippen MR) is 75.9 cm³/mol. The van der Waals surface area contributed by atoms with Gasteiger partial charge in [-0.3, -0.25) is 4.98 Å². The Labute approximate surface area is 113 Å². The van der Waals surface area contributed by atoms with Gasteiger partial charge in [0.2, 0.25) is 0 Å². The molecule has 0 aliphatic heterocycles. The van der Waals surface area contributed by atoms with Crippen molar-refractivity contribution in [1.29, 1.82) is 0 Å². The van der Waals surface area contributed by atoms with Crippen LogP contribution in [0.5, 0.6) is 0 Å². The highest BCUT2D eigenvalue weighted by Crippen LogP contribution is 2.17. The Balaban J connectivity index is 2.08. The van der Waals surface area contributed by atoms with Gasteiger partial charge in [0.1, 0.15) is 0 Å². The number of pyridine rings is 1. The molecular weight excluding hydrogens is 240 g/mol. The van der Waals surface area contributed by atoms with Crippen LogP contribution in [0.15, 0.2) is 36.7 Å². The molecule has 0 saturated carbocycles. The smallest absolute Gasteiger partial charge is 0.0616 e. The molecule has 2 N–H and O–H groups in total. The zero-order valence-electron chi connectivity index (χ0n) is 11.2. The van der Waals surface area contributed by atoms with E-state index in [1.165, 1.54) is 10.9 Å². The lowest BCUT2D eigenvalue weighted by molar-refractivity contribution is 0.148. The first-order chi connectivity index (χ1) is 9.35. The van der Waals surface area contributed by atoms with Crippen LogP contribution in [0.4, 0.5) is 0 Å². The largest absolute Gasteiger partial charge is 0.396 e. The highest BCUT2D eigenvalue weighted by atomic mass is 16.5. The summed E-state index contributed by atoms with van der Waals surface area (Å²) < 4.78 is 5.15. The topological polar surface area (TPSA) is 54.4 Å². The molecule has 1 heterocycles. The van der Waals surface area contributed by atoms with E-state index in [1.54, 1.807) is 7.11 Å². The first-order valence-electron chi connectivity index (χ1n) is 6.50. The minimum atomic E-state index is 0.167. The second kappa shape index (κ2) is 7.19. The van der Waals surface area contributed by atoms with Crippen molar-refractivity contribution in [2.24, 2.45) is 0 Å². The highest BCUT2D eigenvalue weighted by molar-refractivity contribution is 5.84. The molecule has 1 unspecified atom stereocenters. The molecule has 0 saturated heterocycles. The van der Waals surface area contributed by atoms with Crippen LogP contribution in [0.3, 0.4) is 0 Å². The Morgan fingerprint density at radius 2 is 2.26 bits per heavy atom. The molecule has 2 rings (SSSR count). The van der Waals surface area contributed by atoms with E-state index in [9.17, 15) is 0 Å². The van der Waals surface area contributed by atoms with Gasteiger partial charge in [-0.2, -0.15) is 0 Å². The summed E-state index contributed by atoms with van der Waals surface area (Å²) in [6, 6.07) is 8.42. The summed E-state index contributed by atoms with van der Waals surface area (Å²) in [7, 11) is 1.68. The van der Waals surface area contributed by atoms with E-state index in [2.05, 4.69) is 22.4 Å². The molecule has 4 heteroatoms. The third-order valence-corrected chi connectivity index (χ3v) is 3.20. The number of rotatable bonds is 7. The van der Waals surface area contributed by atoms with Crippen molar-refractivity contribution < 1.29 is 9.84 Å². The first-order valence-corrected chi connectivity index (χ1v) is 6.50. The van der Waals surface area contributed by atoms with Crippen LogP contribution in [0.2, 0.25) is 0 Å². The van der Waals surface area contributed by atoms with Crippen LogP contribution in [0, 0.1) is 0 Å². The van der Waals surface area contributed by atoms with Crippen LogP contribution in [-0.2, 0) is 11.3 Å². The van der Waals surface area contributed by atoms with E-state index in [1.807, 2.05) is 24.5 Å². The van der Waals surface area contributed by atoms with Crippen molar-refractivity contribution >= 4 is 10.8 Å². The summed E-state index contributed by atoms with van der Waals surface area (Å²) in [4.78, 5) is 4.13. The Hall–Kier alpha value is -1.49. The van der Waals surface area contributed by atoms with Crippen LogP contribution < -0.4 is 5.32 Å². The van der Waals surface area contributed by atoms with Crippen molar-refractivity contribution in [2.45, 2.75) is 19.0 Å². The third-order valence-electron chi connectivity index (χ3n) is 3.20. The number of fused-ring (bicyclic) bond motifs is 1. The monoisotopic (exact) mass is 260 g/mol. The molecule has 19 heavy (non-hydrogen) atoms. The number of hydrogen-bond acceptors (Lipinski definition) is 4. The van der Waals surface area contributed by atoms with Gasteiger partial charge < -0.3 is 15.2 Å². The Morgan fingerprint density at radius 3 is 3.05 bits per heavy atom. The number of benzene rings is 1. The molecule has 1 atom stereocenters. The lowest BCUT2D eigenvalue weighted by Gasteiger charge is -2.17. The van der Waals surface area contributed by atoms with Crippen LogP contribution in [-0.4, -0.2) is 36.5 Å². The Morgan fingerprint density at radius 1 is 1.37 bits per heavy atom. The molecule has 0 bridgehead atoms. The van der Waals surface area contributed by atoms with E-state index in [0.717, 1.165) is 11.9 Å². The number of aromatic nitrogens is 1. The summed E-state index contributed by atoms with van der Waals surface area (Å²) in [5, 5.41) is 14.8. The maximum absolute atomic E-state index is 9.03. The SMILES string of the molecule is COCC(CCO)NCc1cccc2cnccc12. The molecule has 102 valence electrons. The van der Waals surface area contributed by atoms with E-state index >= 15 is 0 Å². The first kappa shape index (κ1) is 13.9. The van der Waals surface area contributed by atoms with Gasteiger partial charge in [0.25, 0.3) is 0 Å². The van der Waals surface area contributed by atoms with Gasteiger partial charge in [-0.15, -0.1) is 0 Å². The number of hydrogen-bond donors (Lipinski definition) is 2. The zero-order valence-corrected chi connectivity index (χ0v) is 11.2. The summed E-state index contributed by atoms with van der Waals surface area (Å²) in [5.74, 6) is 0. The van der Waals surface area contributed by atoms with Crippen LogP contribution >= 0.6 is 0 Å². The molecule has 0 radical (unpaired) electrons. The molecule has 0 aliphatic rings. The number of methoxy groups -OCH3 is 1. The summed E-state index contributed by atoms with van der Waals surface area (Å²) in [6.45, 7) is 1.53. The van der Waals surface area contributed by atoms with E-state index in [4.69, 9.17) is 9.84 Å². The molecule has 0 spiro atoms. The second-order valence-electron chi connectivity index (χ2n) is 4.56. The van der Waals surface area contributed by atoms with Gasteiger partial charge in [-0.05, 0) is 23.4 Å². The number of nitrogens with zero attached hydrogens (tertiary/aromatic N) is 1. The molecule has 2 aromatic rings. The Kier molecular flexibility index (Phi) is 5.27. The molecule has 0 amide bonds. The lowest BCUT2D eigenvalue weighted by Crippen LogP contribution is -2.33. The van der Waals surface area contributed by atoms with Gasteiger partial charge in [-0.1, -0.05) is 18.2 Å². The van der Waals surface area contributed by atoms with Crippen LogP contribution in [0.25, 0.3) is 10.8 Å². The maximum atomic E-state index is 9.03. The van der Waals surface area contributed by atoms with Crippen molar-refractivity contribution in [3.05, 3.63) is 42.2 Å². The van der Waals surface area contributed by atoms with Crippen molar-refractivity contribution in [3.63, 3.8) is 0 Å². The summed E-state index contributed by atoms with van der Waals surface area (Å²) in [5.41, 5.74) is 1.24. The average molecular weight is 260 g/mol. The lowest BCUT2D eigenvalue weighted by atomic mass is 10.1. The highest BCUT2D eigenvalue weighted by Gasteiger charge is 2.08. The standard InChI is InChI=1S/C15H20N2O2/c1-19-11-14(6-8-18)17-10-13-4-2-3-12-9-16-7-5-15(12)13/h2-5,7,9,14,17-18H,6,8,10-11H2,1H3. The van der Waals surface area contributed by atoms with Gasteiger partial charge in [-0.25, -0.2) is 0 Å². The fourth-order valence-corrected chi connectivity index (χ4v) is 2.20. The molecule has 0 aliphatic carbocycles. The average Bonchev–Trinajstić information content (AvgIpc) is 2.45. The van der Waals surface area contributed by atoms with E-state index in [-0.39, 0.29) is 12.6 Å². The third kappa shape index (κ3) is 3.73. The molecule has 1 aromatic heterocycles. The molecule has 1 aromatic carbocycles. The predicted octanol–water partition coefficient (Wildman–Crippen LogP) is 1.72. The minimum absolute atomic E-state index is 0.167. The number of nitrogens with one attached hydrogen (secondary N) is 1. The molecule has 0 fully saturated rings. The van der Waals surface area contributed by atoms with Gasteiger partial charge in [0, 0.05) is 44.1 Å². The molecule has 4 nitrogen and oxygen atoms in total. The Bertz CT molecular complexity index is 505. The van der Waals surface area contributed by atoms with Gasteiger partial charge in [0.05, 0.1) is 6.61 Å². The van der Waals surface area contributed by atoms with Crippen LogP contribution in [0.1, 0.15) is 12.0 Å². The van der Waals surface area contributed by atoms with E-state index < -0.39 is 0 Å². The minimum Gasteiger partial charge on any atom is -0.396 e. The van der Waals surface area contributed by atoms with Crippen molar-refractivity contribution in [1.82, 2.24) is 10.3 Å². The second-order valence-corrected chi connectivity index (χ2v) is 4.56. The normalized spacial score (nSPS) is 12.7. The fraction of sp³-hybridized carbons (Fsp3) is 0.400. The fourth-order valence-electron chi connectivity index (χ4n) is 2.20. The van der Waals surface area contributed by atoms with Crippen molar-refractivity contribution in [2.75, 3.05) is 20.3 Å². The molecular formula is C15H20N2O2. The van der Waals surface area contributed by atoms with Gasteiger partial charge in [0.15, 0.2) is 0 Å². The van der Waals surface area contributed by atoms with E-state index in [0.29, 0.717) is 13.0 Å². The summed E-state index contributed by atoms with van der Waals surface area (Å²) >= 11 is 0. The maximum Gasteiger partial charge on any atom is 0.0616 e. The zero-order chi connectivity index (χ0) is 13.5. The number of ether oxygens (including phenoxy) is 1. The van der Waals surface area contributed by atoms with Gasteiger partial charge >= 0.3 is 0 Å². The number of aliphatic hydroxyl groups is 1. The quantitative estimate of drug-likeness (QED) is 0.796. The summed E-state index contributed by atoms with van der Waals surface area (Å²) in [6.07, 6.45) is 4.38. The van der Waals surface area contributed by atoms with Crippen molar-refractivity contribution in [3.8, 4) is 0 Å². The number of aliphatic hydroxyl groups excluding tert-OH is 1.